The van der Waals surface area contributed by atoms with Crippen molar-refractivity contribution in [2.24, 2.45) is 0 Å². The Kier molecular flexibility index (Phi) is 2.66. The first kappa shape index (κ1) is 11.4. The second kappa shape index (κ2) is 3.74. The number of fused-ring (bicyclic) bond motifs is 1. The highest BCUT2D eigenvalue weighted by Crippen LogP contribution is 2.28. The molecule has 1 aliphatic heterocycles. The Balaban J connectivity index is 2.34. The number of rotatable bonds is 0. The highest BCUT2D eigenvalue weighted by molar-refractivity contribution is 5.47. The van der Waals surface area contributed by atoms with Gasteiger partial charge in [-0.25, -0.2) is 4.98 Å². The molecule has 1 aromatic rings. The SMILES string of the molecule is Cc1cc2c(c(N)n1)CN(C(C)(C)C)CC2. The molecule has 2 rings (SSSR count). The van der Waals surface area contributed by atoms with E-state index in [-0.39, 0.29) is 5.54 Å². The normalized spacial score (nSPS) is 17.2. The Morgan fingerprint density at radius 1 is 1.38 bits per heavy atom. The first-order valence-corrected chi connectivity index (χ1v) is 5.88. The molecule has 88 valence electrons. The van der Waals surface area contributed by atoms with Crippen molar-refractivity contribution >= 4 is 5.82 Å². The summed E-state index contributed by atoms with van der Waals surface area (Å²) in [4.78, 5) is 6.82. The first-order chi connectivity index (χ1) is 7.38. The summed E-state index contributed by atoms with van der Waals surface area (Å²) in [5.74, 6) is 0.712. The van der Waals surface area contributed by atoms with Gasteiger partial charge in [0, 0.05) is 29.9 Å². The monoisotopic (exact) mass is 219 g/mol. The average Bonchev–Trinajstić information content (AvgIpc) is 2.15. The van der Waals surface area contributed by atoms with Crippen LogP contribution in [-0.2, 0) is 13.0 Å². The maximum Gasteiger partial charge on any atom is 0.128 e. The maximum absolute atomic E-state index is 6.01. The van der Waals surface area contributed by atoms with Crippen LogP contribution in [0.15, 0.2) is 6.07 Å². The summed E-state index contributed by atoms with van der Waals surface area (Å²) in [6.07, 6.45) is 1.08. The lowest BCUT2D eigenvalue weighted by Crippen LogP contribution is -2.44. The van der Waals surface area contributed by atoms with E-state index < -0.39 is 0 Å². The van der Waals surface area contributed by atoms with Gasteiger partial charge in [0.2, 0.25) is 0 Å². The third-order valence-corrected chi connectivity index (χ3v) is 3.33. The zero-order valence-electron chi connectivity index (χ0n) is 10.7. The maximum atomic E-state index is 6.01. The van der Waals surface area contributed by atoms with Gasteiger partial charge in [-0.05, 0) is 45.7 Å². The van der Waals surface area contributed by atoms with Crippen LogP contribution in [0.4, 0.5) is 5.82 Å². The van der Waals surface area contributed by atoms with Gasteiger partial charge in [-0.15, -0.1) is 0 Å². The van der Waals surface area contributed by atoms with Crippen LogP contribution in [-0.4, -0.2) is 22.0 Å². The van der Waals surface area contributed by atoms with Gasteiger partial charge < -0.3 is 5.73 Å². The van der Waals surface area contributed by atoms with Gasteiger partial charge >= 0.3 is 0 Å². The van der Waals surface area contributed by atoms with Crippen LogP contribution in [0.5, 0.6) is 0 Å². The summed E-state index contributed by atoms with van der Waals surface area (Å²) in [6.45, 7) is 10.8. The number of aromatic nitrogens is 1. The molecule has 0 radical (unpaired) electrons. The van der Waals surface area contributed by atoms with Gasteiger partial charge in [-0.2, -0.15) is 0 Å². The van der Waals surface area contributed by atoms with E-state index in [0.717, 1.165) is 25.2 Å². The van der Waals surface area contributed by atoms with Gasteiger partial charge in [0.15, 0.2) is 0 Å². The van der Waals surface area contributed by atoms with Crippen LogP contribution >= 0.6 is 0 Å². The fourth-order valence-corrected chi connectivity index (χ4v) is 2.30. The molecule has 0 atom stereocenters. The van der Waals surface area contributed by atoms with Gasteiger partial charge in [-0.3, -0.25) is 4.90 Å². The number of pyridine rings is 1. The Morgan fingerprint density at radius 2 is 2.06 bits per heavy atom. The molecular formula is C13H21N3. The molecule has 0 aromatic carbocycles. The fraction of sp³-hybridized carbons (Fsp3) is 0.615. The predicted octanol–water partition coefficient (Wildman–Crippen LogP) is 2.13. The Bertz CT molecular complexity index is 404. The van der Waals surface area contributed by atoms with Crippen molar-refractivity contribution in [3.63, 3.8) is 0 Å². The van der Waals surface area contributed by atoms with Crippen molar-refractivity contribution in [2.75, 3.05) is 12.3 Å². The van der Waals surface area contributed by atoms with E-state index in [1.165, 1.54) is 11.1 Å². The molecule has 16 heavy (non-hydrogen) atoms. The third kappa shape index (κ3) is 2.05. The van der Waals surface area contributed by atoms with Crippen molar-refractivity contribution in [1.29, 1.82) is 0 Å². The predicted molar refractivity (Wildman–Crippen MR) is 67.3 cm³/mol. The summed E-state index contributed by atoms with van der Waals surface area (Å²) >= 11 is 0. The molecule has 0 unspecified atom stereocenters. The van der Waals surface area contributed by atoms with E-state index in [0.29, 0.717) is 5.82 Å². The van der Waals surface area contributed by atoms with Gasteiger partial charge in [0.1, 0.15) is 5.82 Å². The number of nitrogens with zero attached hydrogens (tertiary/aromatic N) is 2. The topological polar surface area (TPSA) is 42.1 Å². The molecule has 0 fully saturated rings. The lowest BCUT2D eigenvalue weighted by atomic mass is 9.95. The lowest BCUT2D eigenvalue weighted by molar-refractivity contribution is 0.121. The molecule has 0 aliphatic carbocycles. The molecule has 1 aromatic heterocycles. The number of nitrogens with two attached hydrogens (primary N) is 1. The standard InChI is InChI=1S/C13H21N3/c1-9-7-10-5-6-16(13(2,3)4)8-11(10)12(14)15-9/h7H,5-6,8H2,1-4H3,(H2,14,15). The molecule has 3 nitrogen and oxygen atoms in total. The van der Waals surface area contributed by atoms with E-state index in [9.17, 15) is 0 Å². The second-order valence-corrected chi connectivity index (χ2v) is 5.63. The lowest BCUT2D eigenvalue weighted by Gasteiger charge is -2.39. The van der Waals surface area contributed by atoms with Crippen LogP contribution < -0.4 is 5.73 Å². The molecular weight excluding hydrogens is 198 g/mol. The van der Waals surface area contributed by atoms with Crippen LogP contribution in [0.3, 0.4) is 0 Å². The smallest absolute Gasteiger partial charge is 0.128 e. The van der Waals surface area contributed by atoms with E-state index in [1.54, 1.807) is 0 Å². The van der Waals surface area contributed by atoms with Gasteiger partial charge in [0.05, 0.1) is 0 Å². The summed E-state index contributed by atoms with van der Waals surface area (Å²) in [5.41, 5.74) is 9.85. The first-order valence-electron chi connectivity index (χ1n) is 5.88. The zero-order chi connectivity index (χ0) is 11.9. The van der Waals surface area contributed by atoms with Crippen LogP contribution in [0, 0.1) is 6.92 Å². The van der Waals surface area contributed by atoms with Crippen molar-refractivity contribution < 1.29 is 0 Å². The van der Waals surface area contributed by atoms with Gasteiger partial charge in [0.25, 0.3) is 0 Å². The summed E-state index contributed by atoms with van der Waals surface area (Å²) in [6, 6.07) is 2.17. The minimum absolute atomic E-state index is 0.203. The van der Waals surface area contributed by atoms with Gasteiger partial charge in [-0.1, -0.05) is 0 Å². The highest BCUT2D eigenvalue weighted by Gasteiger charge is 2.27. The Hall–Kier alpha value is -1.09. The molecule has 2 heterocycles. The molecule has 2 N–H and O–H groups in total. The molecule has 0 amide bonds. The quantitative estimate of drug-likeness (QED) is 0.727. The molecule has 0 spiro atoms. The van der Waals surface area contributed by atoms with Crippen molar-refractivity contribution in [1.82, 2.24) is 9.88 Å². The molecule has 3 heteroatoms. The number of anilines is 1. The minimum Gasteiger partial charge on any atom is -0.383 e. The number of aryl methyl sites for hydroxylation is 1. The Labute approximate surface area is 97.7 Å². The summed E-state index contributed by atoms with van der Waals surface area (Å²) in [7, 11) is 0. The van der Waals surface area contributed by atoms with Crippen molar-refractivity contribution in [2.45, 2.75) is 46.2 Å². The van der Waals surface area contributed by atoms with E-state index in [2.05, 4.69) is 36.7 Å². The van der Waals surface area contributed by atoms with E-state index in [4.69, 9.17) is 5.73 Å². The average molecular weight is 219 g/mol. The molecule has 0 bridgehead atoms. The fourth-order valence-electron chi connectivity index (χ4n) is 2.30. The number of nitrogen functional groups attached to an aromatic ring is 1. The Morgan fingerprint density at radius 3 is 2.69 bits per heavy atom. The minimum atomic E-state index is 0.203. The van der Waals surface area contributed by atoms with Crippen molar-refractivity contribution in [3.05, 3.63) is 22.9 Å². The van der Waals surface area contributed by atoms with E-state index >= 15 is 0 Å². The summed E-state index contributed by atoms with van der Waals surface area (Å²) < 4.78 is 0. The number of hydrogen-bond donors (Lipinski definition) is 1. The number of hydrogen-bond acceptors (Lipinski definition) is 3. The summed E-state index contributed by atoms with van der Waals surface area (Å²) in [5, 5.41) is 0. The third-order valence-electron chi connectivity index (χ3n) is 3.33. The molecule has 0 saturated heterocycles. The van der Waals surface area contributed by atoms with E-state index in [1.807, 2.05) is 6.92 Å². The van der Waals surface area contributed by atoms with Crippen molar-refractivity contribution in [3.8, 4) is 0 Å². The van der Waals surface area contributed by atoms with Crippen LogP contribution in [0.1, 0.15) is 37.6 Å². The van der Waals surface area contributed by atoms with Crippen LogP contribution in [0.2, 0.25) is 0 Å². The molecule has 1 aliphatic rings. The molecule has 0 saturated carbocycles. The van der Waals surface area contributed by atoms with Crippen LogP contribution in [0.25, 0.3) is 0 Å². The zero-order valence-corrected chi connectivity index (χ0v) is 10.7. The highest BCUT2D eigenvalue weighted by atomic mass is 15.2. The largest absolute Gasteiger partial charge is 0.383 e. The second-order valence-electron chi connectivity index (χ2n) is 5.63.